The maximum atomic E-state index is 13.0. The van der Waals surface area contributed by atoms with Crippen molar-refractivity contribution in [3.05, 3.63) is 60.9 Å². The zero-order valence-corrected chi connectivity index (χ0v) is 19.0. The molecule has 6 heterocycles. The van der Waals surface area contributed by atoms with E-state index in [2.05, 4.69) is 35.5 Å². The number of hydrogen-bond acceptors (Lipinski definition) is 7. The second-order valence-corrected chi connectivity index (χ2v) is 9.34. The van der Waals surface area contributed by atoms with E-state index in [9.17, 15) is 4.79 Å². The maximum Gasteiger partial charge on any atom is 0.257 e. The Hall–Kier alpha value is -3.85. The van der Waals surface area contributed by atoms with Crippen LogP contribution in [0, 0.1) is 5.41 Å². The van der Waals surface area contributed by atoms with Crippen molar-refractivity contribution in [3.63, 3.8) is 0 Å². The normalized spacial score (nSPS) is 17.0. The topological polar surface area (TPSA) is 101 Å². The zero-order chi connectivity index (χ0) is 23.1. The molecule has 34 heavy (non-hydrogen) atoms. The number of anilines is 2. The number of carbonyl (C=O) groups excluding carboxylic acids is 1. The molecule has 0 unspecified atom stereocenters. The summed E-state index contributed by atoms with van der Waals surface area (Å²) in [7, 11) is 1.93. The number of imidazole rings is 1. The van der Waals surface area contributed by atoms with E-state index >= 15 is 0 Å². The third-order valence-electron chi connectivity index (χ3n) is 6.97. The minimum Gasteiger partial charge on any atom is -0.355 e. The Balaban J connectivity index is 1.19. The molecule has 4 aromatic heterocycles. The first-order valence-electron chi connectivity index (χ1n) is 11.5. The summed E-state index contributed by atoms with van der Waals surface area (Å²) in [5.74, 6) is 1.15. The van der Waals surface area contributed by atoms with Crippen LogP contribution in [0.1, 0.15) is 23.2 Å². The highest BCUT2D eigenvalue weighted by atomic mass is 16.1. The lowest BCUT2D eigenvalue weighted by molar-refractivity contribution is 0.102. The number of pyridine rings is 3. The number of rotatable bonds is 4. The predicted octanol–water partition coefficient (Wildman–Crippen LogP) is 2.87. The minimum atomic E-state index is -0.200. The van der Waals surface area contributed by atoms with Crippen molar-refractivity contribution in [1.82, 2.24) is 29.8 Å². The summed E-state index contributed by atoms with van der Waals surface area (Å²) in [6.45, 7) is 4.18. The van der Waals surface area contributed by atoms with Crippen molar-refractivity contribution in [2.75, 3.05) is 36.4 Å². The van der Waals surface area contributed by atoms with Gasteiger partial charge in [-0.3, -0.25) is 9.78 Å². The Labute approximate surface area is 197 Å². The fraction of sp³-hybridized carbons (Fsp3) is 0.320. The molecule has 0 aromatic carbocycles. The molecular weight excluding hydrogens is 428 g/mol. The van der Waals surface area contributed by atoms with Gasteiger partial charge in [0.1, 0.15) is 11.6 Å². The highest BCUT2D eigenvalue weighted by Gasteiger charge is 2.43. The second kappa shape index (κ2) is 8.18. The number of aryl methyl sites for hydroxylation is 1. The summed E-state index contributed by atoms with van der Waals surface area (Å²) < 4.78 is 1.92. The smallest absolute Gasteiger partial charge is 0.257 e. The Bertz CT molecular complexity index is 1370. The first kappa shape index (κ1) is 20.7. The van der Waals surface area contributed by atoms with Crippen LogP contribution in [-0.2, 0) is 7.05 Å². The number of amides is 1. The minimum absolute atomic E-state index is 0.200. The first-order chi connectivity index (χ1) is 16.6. The molecular formula is C25H26N8O. The maximum absolute atomic E-state index is 13.0. The molecule has 0 saturated carbocycles. The molecule has 2 aliphatic rings. The zero-order valence-electron chi connectivity index (χ0n) is 19.0. The lowest BCUT2D eigenvalue weighted by Gasteiger charge is -2.53. The molecule has 4 aromatic rings. The lowest BCUT2D eigenvalue weighted by atomic mass is 9.72. The van der Waals surface area contributed by atoms with Crippen LogP contribution >= 0.6 is 0 Å². The number of aromatic nitrogens is 5. The van der Waals surface area contributed by atoms with Gasteiger partial charge >= 0.3 is 0 Å². The van der Waals surface area contributed by atoms with E-state index in [-0.39, 0.29) is 5.91 Å². The van der Waals surface area contributed by atoms with E-state index in [1.165, 1.54) is 12.8 Å². The third kappa shape index (κ3) is 3.77. The molecule has 2 aliphatic heterocycles. The van der Waals surface area contributed by atoms with Crippen molar-refractivity contribution in [1.29, 1.82) is 0 Å². The van der Waals surface area contributed by atoms with Crippen molar-refractivity contribution in [2.24, 2.45) is 12.5 Å². The first-order valence-corrected chi connectivity index (χ1v) is 11.5. The van der Waals surface area contributed by atoms with Crippen LogP contribution in [0.2, 0.25) is 0 Å². The van der Waals surface area contributed by atoms with E-state index in [1.54, 1.807) is 37.2 Å². The second-order valence-electron chi connectivity index (χ2n) is 9.34. The molecule has 9 heteroatoms. The largest absolute Gasteiger partial charge is 0.355 e. The van der Waals surface area contributed by atoms with Gasteiger partial charge in [0.15, 0.2) is 0 Å². The van der Waals surface area contributed by atoms with Crippen molar-refractivity contribution < 1.29 is 4.79 Å². The lowest BCUT2D eigenvalue weighted by Crippen LogP contribution is -2.60. The van der Waals surface area contributed by atoms with Gasteiger partial charge in [-0.05, 0) is 55.6 Å². The van der Waals surface area contributed by atoms with E-state index in [4.69, 9.17) is 0 Å². The number of nitrogens with zero attached hydrogens (tertiary/aromatic N) is 6. The van der Waals surface area contributed by atoms with Gasteiger partial charge in [-0.1, -0.05) is 0 Å². The van der Waals surface area contributed by atoms with Crippen molar-refractivity contribution in [2.45, 2.75) is 12.8 Å². The summed E-state index contributed by atoms with van der Waals surface area (Å²) >= 11 is 0. The fourth-order valence-electron chi connectivity index (χ4n) is 4.97. The summed E-state index contributed by atoms with van der Waals surface area (Å²) in [4.78, 5) is 32.9. The van der Waals surface area contributed by atoms with Gasteiger partial charge in [-0.2, -0.15) is 0 Å². The number of nitrogens with one attached hydrogen (secondary N) is 2. The Morgan fingerprint density at radius 2 is 1.85 bits per heavy atom. The fourth-order valence-corrected chi connectivity index (χ4v) is 4.97. The van der Waals surface area contributed by atoms with Gasteiger partial charge < -0.3 is 20.1 Å². The Kier molecular flexibility index (Phi) is 4.99. The molecule has 2 N–H and O–H groups in total. The standard InChI is InChI=1S/C25H26N8O/c1-32-16-27-13-21(32)20-8-18-9-22(30-12-19(18)11-29-20)31-24(34)17-2-5-28-23(10-17)33-14-25(15-33)3-6-26-7-4-25/h2,5,8-13,16,26H,3-4,6-7,14-15H2,1H3,(H,30,31,34). The van der Waals surface area contributed by atoms with Gasteiger partial charge in [0.05, 0.1) is 23.9 Å². The van der Waals surface area contributed by atoms with Crippen molar-refractivity contribution >= 4 is 28.3 Å². The highest BCUT2D eigenvalue weighted by molar-refractivity contribution is 6.05. The van der Waals surface area contributed by atoms with Gasteiger partial charge in [0.25, 0.3) is 5.91 Å². The van der Waals surface area contributed by atoms with Crippen LogP contribution in [0.15, 0.2) is 55.4 Å². The molecule has 0 bridgehead atoms. The van der Waals surface area contributed by atoms with Crippen molar-refractivity contribution in [3.8, 4) is 11.4 Å². The Morgan fingerprint density at radius 3 is 2.65 bits per heavy atom. The van der Waals surface area contributed by atoms with E-state index in [0.717, 1.165) is 54.2 Å². The summed E-state index contributed by atoms with van der Waals surface area (Å²) in [5.41, 5.74) is 2.72. The molecule has 0 aliphatic carbocycles. The van der Waals surface area contributed by atoms with Gasteiger partial charge in [-0.15, -0.1) is 0 Å². The van der Waals surface area contributed by atoms with Crippen LogP contribution in [0.25, 0.3) is 22.2 Å². The molecule has 1 amide bonds. The number of fused-ring (bicyclic) bond motifs is 1. The van der Waals surface area contributed by atoms with Gasteiger partial charge in [0, 0.05) is 55.1 Å². The number of piperidine rings is 1. The quantitative estimate of drug-likeness (QED) is 0.489. The van der Waals surface area contributed by atoms with Crippen LogP contribution in [0.4, 0.5) is 11.6 Å². The summed E-state index contributed by atoms with van der Waals surface area (Å²) in [6.07, 6.45) is 11.1. The van der Waals surface area contributed by atoms with Crippen LogP contribution in [0.3, 0.4) is 0 Å². The van der Waals surface area contributed by atoms with Gasteiger partial charge in [0.2, 0.25) is 0 Å². The molecule has 0 radical (unpaired) electrons. The SMILES string of the molecule is Cn1cncc1-c1cc2cc(NC(=O)c3ccnc(N4CC5(CCNCC5)C4)c3)ncc2cn1. The molecule has 6 rings (SSSR count). The molecule has 0 atom stereocenters. The van der Waals surface area contributed by atoms with E-state index in [1.807, 2.05) is 29.8 Å². The molecule has 2 saturated heterocycles. The molecule has 9 nitrogen and oxygen atoms in total. The van der Waals surface area contributed by atoms with E-state index < -0.39 is 0 Å². The molecule has 1 spiro atoms. The van der Waals surface area contributed by atoms with Crippen LogP contribution in [0.5, 0.6) is 0 Å². The summed E-state index contributed by atoms with van der Waals surface area (Å²) in [5, 5.41) is 8.21. The molecule has 172 valence electrons. The van der Waals surface area contributed by atoms with Crippen LogP contribution < -0.4 is 15.5 Å². The highest BCUT2D eigenvalue weighted by Crippen LogP contribution is 2.40. The summed E-state index contributed by atoms with van der Waals surface area (Å²) in [6, 6.07) is 7.46. The van der Waals surface area contributed by atoms with Gasteiger partial charge in [-0.25, -0.2) is 15.0 Å². The van der Waals surface area contributed by atoms with Crippen LogP contribution in [-0.4, -0.2) is 56.6 Å². The average Bonchev–Trinajstić information content (AvgIpc) is 3.28. The molecule has 2 fully saturated rings. The predicted molar refractivity (Wildman–Crippen MR) is 131 cm³/mol. The monoisotopic (exact) mass is 454 g/mol. The number of hydrogen-bond donors (Lipinski definition) is 2. The van der Waals surface area contributed by atoms with E-state index in [0.29, 0.717) is 16.8 Å². The number of carbonyl (C=O) groups is 1. The average molecular weight is 455 g/mol. The Morgan fingerprint density at radius 1 is 1.03 bits per heavy atom. The third-order valence-corrected chi connectivity index (χ3v) is 6.97.